The Labute approximate surface area is 162 Å². The van der Waals surface area contributed by atoms with Gasteiger partial charge >= 0.3 is 6.36 Å². The van der Waals surface area contributed by atoms with Crippen LogP contribution in [0.1, 0.15) is 10.4 Å². The molecule has 1 aromatic heterocycles. The van der Waals surface area contributed by atoms with Gasteiger partial charge in [0.15, 0.2) is 0 Å². The van der Waals surface area contributed by atoms with Gasteiger partial charge in [-0.3, -0.25) is 14.6 Å². The van der Waals surface area contributed by atoms with Gasteiger partial charge in [-0.1, -0.05) is 24.3 Å². The first-order valence-corrected chi connectivity index (χ1v) is 8.70. The number of nitrogens with zero attached hydrogens (tertiary/aromatic N) is 1. The van der Waals surface area contributed by atoms with Crippen LogP contribution >= 0.6 is 11.9 Å². The van der Waals surface area contributed by atoms with Crippen LogP contribution in [0.25, 0.3) is 11.3 Å². The van der Waals surface area contributed by atoms with Crippen molar-refractivity contribution >= 4 is 17.9 Å². The molecule has 1 amide bonds. The molecule has 1 heterocycles. The molecule has 0 saturated heterocycles. The maximum atomic E-state index is 12.5. The Morgan fingerprint density at radius 3 is 2.50 bits per heavy atom. The van der Waals surface area contributed by atoms with E-state index in [1.54, 1.807) is 19.2 Å². The maximum Gasteiger partial charge on any atom is 0.573 e. The molecule has 0 saturated carbocycles. The number of ether oxygens (including phenoxy) is 2. The van der Waals surface area contributed by atoms with Crippen molar-refractivity contribution in [2.75, 3.05) is 7.11 Å². The lowest BCUT2D eigenvalue weighted by molar-refractivity contribution is -0.274. The molecule has 28 heavy (non-hydrogen) atoms. The predicted octanol–water partition coefficient (Wildman–Crippen LogP) is 4.42. The molecule has 10 heteroatoms. The average molecular weight is 409 g/mol. The number of carbonyl (C=O) groups excluding carboxylic acids is 1. The molecule has 0 radical (unpaired) electrons. The minimum atomic E-state index is -4.89. The summed E-state index contributed by atoms with van der Waals surface area (Å²) in [5.41, 5.74) is 1.20. The first kappa shape index (κ1) is 19.6. The minimum Gasteiger partial charge on any atom is -0.496 e. The fourth-order valence-electron chi connectivity index (χ4n) is 2.38. The maximum absolute atomic E-state index is 12.5. The smallest absolute Gasteiger partial charge is 0.496 e. The number of methoxy groups -OCH3 is 1. The van der Waals surface area contributed by atoms with E-state index in [1.807, 2.05) is 18.2 Å². The average Bonchev–Trinajstić information content (AvgIpc) is 3.14. The van der Waals surface area contributed by atoms with Gasteiger partial charge in [0.05, 0.1) is 18.4 Å². The van der Waals surface area contributed by atoms with Crippen molar-refractivity contribution in [1.82, 2.24) is 14.9 Å². The number of alkyl halides is 3. The van der Waals surface area contributed by atoms with Gasteiger partial charge in [0.1, 0.15) is 16.5 Å². The molecule has 3 aromatic rings. The zero-order chi connectivity index (χ0) is 20.1. The van der Waals surface area contributed by atoms with E-state index >= 15 is 0 Å². The molecule has 0 fully saturated rings. The monoisotopic (exact) mass is 409 g/mol. The number of amides is 1. The molecule has 0 unspecified atom stereocenters. The van der Waals surface area contributed by atoms with Crippen molar-refractivity contribution in [3.8, 4) is 22.8 Å². The Morgan fingerprint density at radius 1 is 1.11 bits per heavy atom. The van der Waals surface area contributed by atoms with Gasteiger partial charge in [0.25, 0.3) is 5.91 Å². The molecule has 0 spiro atoms. The van der Waals surface area contributed by atoms with Crippen LogP contribution in [0.5, 0.6) is 11.5 Å². The van der Waals surface area contributed by atoms with E-state index in [9.17, 15) is 18.0 Å². The Hall–Kier alpha value is -3.14. The molecule has 0 atom stereocenters. The van der Waals surface area contributed by atoms with Crippen molar-refractivity contribution in [2.24, 2.45) is 0 Å². The van der Waals surface area contributed by atoms with Crippen molar-refractivity contribution in [2.45, 2.75) is 11.4 Å². The number of aromatic amines is 1. The topological polar surface area (TPSA) is 76.2 Å². The van der Waals surface area contributed by atoms with Crippen molar-refractivity contribution in [3.05, 3.63) is 60.2 Å². The number of hydrogen-bond donors (Lipinski definition) is 2. The summed E-state index contributed by atoms with van der Waals surface area (Å²) in [7, 11) is 1.55. The first-order chi connectivity index (χ1) is 13.4. The summed E-state index contributed by atoms with van der Waals surface area (Å²) in [5, 5.41) is 7.32. The molecular formula is C18H14F3N3O3S. The summed E-state index contributed by atoms with van der Waals surface area (Å²) >= 11 is 0.859. The Morgan fingerprint density at radius 2 is 1.79 bits per heavy atom. The molecule has 0 aliphatic rings. The summed E-state index contributed by atoms with van der Waals surface area (Å²) in [6.07, 6.45) is -4.89. The number of para-hydroxylation sites is 2. The number of halogens is 3. The van der Waals surface area contributed by atoms with Crippen LogP contribution in [-0.4, -0.2) is 29.6 Å². The van der Waals surface area contributed by atoms with Gasteiger partial charge in [0.2, 0.25) is 0 Å². The summed E-state index contributed by atoms with van der Waals surface area (Å²) in [6.45, 7) is 0. The molecule has 3 rings (SSSR count). The summed E-state index contributed by atoms with van der Waals surface area (Å²) < 4.78 is 49.1. The zero-order valence-electron chi connectivity index (χ0n) is 14.4. The Bertz CT molecular complexity index is 976. The van der Waals surface area contributed by atoms with E-state index in [4.69, 9.17) is 4.74 Å². The molecule has 0 aliphatic heterocycles. The molecule has 6 nitrogen and oxygen atoms in total. The predicted molar refractivity (Wildman–Crippen MR) is 97.0 cm³/mol. The molecule has 0 bridgehead atoms. The van der Waals surface area contributed by atoms with Gasteiger partial charge in [-0.15, -0.1) is 13.2 Å². The first-order valence-electron chi connectivity index (χ1n) is 7.88. The van der Waals surface area contributed by atoms with E-state index in [2.05, 4.69) is 19.7 Å². The molecule has 146 valence electrons. The lowest BCUT2D eigenvalue weighted by Gasteiger charge is -2.12. The Kier molecular flexibility index (Phi) is 5.78. The van der Waals surface area contributed by atoms with E-state index in [-0.39, 0.29) is 5.56 Å². The lowest BCUT2D eigenvalue weighted by Crippen LogP contribution is -2.22. The second kappa shape index (κ2) is 8.26. The third-order valence-corrected chi connectivity index (χ3v) is 4.26. The fraction of sp³-hybridized carbons (Fsp3) is 0.111. The van der Waals surface area contributed by atoms with E-state index in [0.717, 1.165) is 23.6 Å². The summed E-state index contributed by atoms with van der Waals surface area (Å²) in [5.74, 6) is -0.679. The molecule has 2 N–H and O–H groups in total. The lowest BCUT2D eigenvalue weighted by atomic mass is 10.1. The highest BCUT2D eigenvalue weighted by atomic mass is 32.2. The summed E-state index contributed by atoms with van der Waals surface area (Å²) in [4.78, 5) is 12.3. The van der Waals surface area contributed by atoms with Gasteiger partial charge in [-0.2, -0.15) is 5.10 Å². The van der Waals surface area contributed by atoms with Crippen molar-refractivity contribution in [3.63, 3.8) is 0 Å². The third kappa shape index (κ3) is 4.77. The van der Waals surface area contributed by atoms with Crippen LogP contribution in [0.2, 0.25) is 0 Å². The highest BCUT2D eigenvalue weighted by Gasteiger charge is 2.32. The number of aromatic nitrogens is 2. The van der Waals surface area contributed by atoms with Crippen molar-refractivity contribution in [1.29, 1.82) is 0 Å². The second-order valence-corrected chi connectivity index (χ2v) is 6.22. The highest BCUT2D eigenvalue weighted by molar-refractivity contribution is 7.97. The molecular weight excluding hydrogens is 395 g/mol. The quantitative estimate of drug-likeness (QED) is 0.590. The van der Waals surface area contributed by atoms with Crippen LogP contribution in [0, 0.1) is 0 Å². The second-order valence-electron chi connectivity index (χ2n) is 5.40. The van der Waals surface area contributed by atoms with Gasteiger partial charge in [0, 0.05) is 17.5 Å². The zero-order valence-corrected chi connectivity index (χ0v) is 15.2. The molecule has 0 aliphatic carbocycles. The third-order valence-electron chi connectivity index (χ3n) is 3.56. The number of hydrogen-bond acceptors (Lipinski definition) is 5. The van der Waals surface area contributed by atoms with E-state index in [1.165, 1.54) is 18.2 Å². The van der Waals surface area contributed by atoms with Crippen LogP contribution in [0.3, 0.4) is 0 Å². The van der Waals surface area contributed by atoms with Crippen LogP contribution < -0.4 is 14.2 Å². The largest absolute Gasteiger partial charge is 0.573 e. The van der Waals surface area contributed by atoms with Gasteiger partial charge in [-0.05, 0) is 30.3 Å². The normalized spacial score (nSPS) is 11.1. The Balaban J connectivity index is 1.70. The van der Waals surface area contributed by atoms with E-state index in [0.29, 0.717) is 16.5 Å². The minimum absolute atomic E-state index is 0.243. The highest BCUT2D eigenvalue weighted by Crippen LogP contribution is 2.30. The van der Waals surface area contributed by atoms with E-state index < -0.39 is 18.0 Å². The van der Waals surface area contributed by atoms with Crippen molar-refractivity contribution < 1.29 is 27.4 Å². The number of carbonyl (C=O) groups is 1. The molecule has 2 aromatic carbocycles. The van der Waals surface area contributed by atoms with Crippen LogP contribution in [0.15, 0.2) is 59.6 Å². The standard InChI is InChI=1S/C18H14F3N3O3S/c1-26-14-8-4-2-6-11(14)13-10-16(23-22-13)28-24-17(25)12-7-3-5-9-15(12)27-18(19,20)21/h2-10H,1H3,(H,22,23)(H,24,25). The number of rotatable bonds is 6. The van der Waals surface area contributed by atoms with Crippen LogP contribution in [0.4, 0.5) is 13.2 Å². The number of benzene rings is 2. The van der Waals surface area contributed by atoms with Gasteiger partial charge in [-0.25, -0.2) is 0 Å². The van der Waals surface area contributed by atoms with Gasteiger partial charge < -0.3 is 9.47 Å². The summed E-state index contributed by atoms with van der Waals surface area (Å²) in [6, 6.07) is 14.1. The number of H-pyrrole nitrogens is 1. The number of nitrogens with one attached hydrogen (secondary N) is 2. The van der Waals surface area contributed by atoms with Crippen LogP contribution in [-0.2, 0) is 0 Å². The SMILES string of the molecule is COc1ccccc1-c1cc(SNC(=O)c2ccccc2OC(F)(F)F)n[nH]1. The fourth-order valence-corrected chi connectivity index (χ4v) is 2.96.